The second-order valence-electron chi connectivity index (χ2n) is 6.43. The van der Waals surface area contributed by atoms with Crippen molar-refractivity contribution in [1.82, 2.24) is 15.1 Å². The quantitative estimate of drug-likeness (QED) is 0.761. The van der Waals surface area contributed by atoms with Gasteiger partial charge in [-0.15, -0.1) is 0 Å². The Balaban J connectivity index is 1.72. The number of aliphatic hydroxyl groups is 1. The van der Waals surface area contributed by atoms with Crippen LogP contribution in [0.4, 0.5) is 0 Å². The SMILES string of the molecule is CC(O)CN1CCN(C(=O)CCC2CCNC2)CC1C. The lowest BCUT2D eigenvalue weighted by atomic mass is 10.0. The first-order valence-corrected chi connectivity index (χ1v) is 7.97. The summed E-state index contributed by atoms with van der Waals surface area (Å²) in [5.74, 6) is 0.994. The Kier molecular flexibility index (Phi) is 5.81. The number of β-amino-alcohol motifs (C(OH)–C–C–N with tert-alkyl or cyclic N) is 1. The van der Waals surface area contributed by atoms with E-state index in [2.05, 4.69) is 17.1 Å². The van der Waals surface area contributed by atoms with Crippen LogP contribution >= 0.6 is 0 Å². The van der Waals surface area contributed by atoms with E-state index in [4.69, 9.17) is 0 Å². The van der Waals surface area contributed by atoms with E-state index in [0.717, 1.165) is 39.1 Å². The van der Waals surface area contributed by atoms with E-state index < -0.39 is 0 Å². The first-order chi connectivity index (χ1) is 9.56. The summed E-state index contributed by atoms with van der Waals surface area (Å²) in [5, 5.41) is 12.8. The summed E-state index contributed by atoms with van der Waals surface area (Å²) >= 11 is 0. The molecule has 20 heavy (non-hydrogen) atoms. The van der Waals surface area contributed by atoms with Gasteiger partial charge in [-0.05, 0) is 45.7 Å². The summed E-state index contributed by atoms with van der Waals surface area (Å²) in [6.07, 6.45) is 2.63. The van der Waals surface area contributed by atoms with Crippen LogP contribution in [-0.2, 0) is 4.79 Å². The molecular formula is C15H29N3O2. The summed E-state index contributed by atoms with van der Waals surface area (Å²) in [6, 6.07) is 0.343. The number of aliphatic hydroxyl groups excluding tert-OH is 1. The monoisotopic (exact) mass is 283 g/mol. The van der Waals surface area contributed by atoms with Gasteiger partial charge in [-0.2, -0.15) is 0 Å². The lowest BCUT2D eigenvalue weighted by molar-refractivity contribution is -0.134. The van der Waals surface area contributed by atoms with Gasteiger partial charge >= 0.3 is 0 Å². The van der Waals surface area contributed by atoms with Crippen molar-refractivity contribution < 1.29 is 9.90 Å². The zero-order valence-corrected chi connectivity index (χ0v) is 12.8. The van der Waals surface area contributed by atoms with Crippen LogP contribution in [0.5, 0.6) is 0 Å². The maximum atomic E-state index is 12.3. The first-order valence-electron chi connectivity index (χ1n) is 7.97. The smallest absolute Gasteiger partial charge is 0.222 e. The van der Waals surface area contributed by atoms with E-state index in [1.165, 1.54) is 6.42 Å². The van der Waals surface area contributed by atoms with Gasteiger partial charge in [-0.3, -0.25) is 9.69 Å². The molecule has 5 nitrogen and oxygen atoms in total. The largest absolute Gasteiger partial charge is 0.392 e. The molecule has 2 N–H and O–H groups in total. The molecule has 5 heteroatoms. The van der Waals surface area contributed by atoms with Gasteiger partial charge in [-0.1, -0.05) is 0 Å². The number of nitrogens with zero attached hydrogens (tertiary/aromatic N) is 2. The fourth-order valence-corrected chi connectivity index (χ4v) is 3.28. The van der Waals surface area contributed by atoms with Crippen molar-refractivity contribution in [3.63, 3.8) is 0 Å². The van der Waals surface area contributed by atoms with Gasteiger partial charge < -0.3 is 15.3 Å². The zero-order chi connectivity index (χ0) is 14.5. The average Bonchev–Trinajstić information content (AvgIpc) is 2.91. The van der Waals surface area contributed by atoms with Crippen molar-refractivity contribution in [2.45, 2.75) is 45.3 Å². The van der Waals surface area contributed by atoms with E-state index in [-0.39, 0.29) is 6.10 Å². The van der Waals surface area contributed by atoms with Gasteiger partial charge in [0.25, 0.3) is 0 Å². The Morgan fingerprint density at radius 2 is 2.25 bits per heavy atom. The van der Waals surface area contributed by atoms with E-state index in [0.29, 0.717) is 30.8 Å². The summed E-state index contributed by atoms with van der Waals surface area (Å²) in [7, 11) is 0. The van der Waals surface area contributed by atoms with Crippen LogP contribution in [0.2, 0.25) is 0 Å². The summed E-state index contributed by atoms with van der Waals surface area (Å²) < 4.78 is 0. The number of carbonyl (C=O) groups is 1. The second-order valence-corrected chi connectivity index (χ2v) is 6.43. The molecule has 3 unspecified atom stereocenters. The molecule has 2 saturated heterocycles. The molecule has 0 spiro atoms. The molecule has 3 atom stereocenters. The molecule has 0 saturated carbocycles. The van der Waals surface area contributed by atoms with E-state index in [9.17, 15) is 9.90 Å². The van der Waals surface area contributed by atoms with Crippen LogP contribution in [0.1, 0.15) is 33.1 Å². The number of piperazine rings is 1. The minimum absolute atomic E-state index is 0.297. The standard InChI is InChI=1S/C15H29N3O2/c1-12-10-18(8-7-17(12)11-13(2)19)15(20)4-3-14-5-6-16-9-14/h12-14,16,19H,3-11H2,1-2H3. The van der Waals surface area contributed by atoms with Crippen LogP contribution in [0.3, 0.4) is 0 Å². The number of hydrogen-bond donors (Lipinski definition) is 2. The second kappa shape index (κ2) is 7.38. The third kappa shape index (κ3) is 4.43. The first kappa shape index (κ1) is 15.7. The Bertz CT molecular complexity index is 316. The molecule has 116 valence electrons. The molecule has 2 heterocycles. The number of rotatable bonds is 5. The van der Waals surface area contributed by atoms with Crippen LogP contribution in [0.15, 0.2) is 0 Å². The number of hydrogen-bond acceptors (Lipinski definition) is 4. The van der Waals surface area contributed by atoms with Gasteiger partial charge in [0.15, 0.2) is 0 Å². The zero-order valence-electron chi connectivity index (χ0n) is 12.8. The van der Waals surface area contributed by atoms with Crippen LogP contribution in [0.25, 0.3) is 0 Å². The highest BCUT2D eigenvalue weighted by molar-refractivity contribution is 5.76. The molecule has 2 fully saturated rings. The van der Waals surface area contributed by atoms with Crippen LogP contribution in [0, 0.1) is 5.92 Å². The highest BCUT2D eigenvalue weighted by atomic mass is 16.3. The Labute approximate surface area is 122 Å². The van der Waals surface area contributed by atoms with E-state index >= 15 is 0 Å². The van der Waals surface area contributed by atoms with Crippen molar-refractivity contribution in [3.8, 4) is 0 Å². The lowest BCUT2D eigenvalue weighted by Gasteiger charge is -2.40. The molecule has 2 aliphatic heterocycles. The normalized spacial score (nSPS) is 29.6. The highest BCUT2D eigenvalue weighted by Gasteiger charge is 2.27. The van der Waals surface area contributed by atoms with Gasteiger partial charge in [0.1, 0.15) is 0 Å². The third-order valence-corrected chi connectivity index (χ3v) is 4.55. The number of nitrogens with one attached hydrogen (secondary N) is 1. The molecule has 0 aromatic carbocycles. The molecule has 0 bridgehead atoms. The van der Waals surface area contributed by atoms with Crippen molar-refractivity contribution in [3.05, 3.63) is 0 Å². The minimum Gasteiger partial charge on any atom is -0.392 e. The summed E-state index contributed by atoms with van der Waals surface area (Å²) in [4.78, 5) is 16.5. The van der Waals surface area contributed by atoms with Gasteiger partial charge in [-0.25, -0.2) is 0 Å². The fraction of sp³-hybridized carbons (Fsp3) is 0.933. The summed E-state index contributed by atoms with van der Waals surface area (Å²) in [6.45, 7) is 9.33. The van der Waals surface area contributed by atoms with Crippen molar-refractivity contribution >= 4 is 5.91 Å². The van der Waals surface area contributed by atoms with Crippen molar-refractivity contribution in [2.24, 2.45) is 5.92 Å². The molecular weight excluding hydrogens is 254 g/mol. The molecule has 0 aliphatic carbocycles. The van der Waals surface area contributed by atoms with E-state index in [1.807, 2.05) is 11.8 Å². The Morgan fingerprint density at radius 3 is 2.85 bits per heavy atom. The summed E-state index contributed by atoms with van der Waals surface area (Å²) in [5.41, 5.74) is 0. The minimum atomic E-state index is -0.297. The van der Waals surface area contributed by atoms with Crippen LogP contribution in [-0.4, -0.2) is 72.2 Å². The Morgan fingerprint density at radius 1 is 1.45 bits per heavy atom. The van der Waals surface area contributed by atoms with Crippen molar-refractivity contribution in [1.29, 1.82) is 0 Å². The maximum Gasteiger partial charge on any atom is 0.222 e. The highest BCUT2D eigenvalue weighted by Crippen LogP contribution is 2.17. The van der Waals surface area contributed by atoms with Crippen molar-refractivity contribution in [2.75, 3.05) is 39.3 Å². The molecule has 1 amide bonds. The van der Waals surface area contributed by atoms with Crippen LogP contribution < -0.4 is 5.32 Å². The van der Waals surface area contributed by atoms with Gasteiger partial charge in [0.2, 0.25) is 5.91 Å². The Hall–Kier alpha value is -0.650. The fourth-order valence-electron chi connectivity index (χ4n) is 3.28. The molecule has 0 radical (unpaired) electrons. The topological polar surface area (TPSA) is 55.8 Å². The third-order valence-electron chi connectivity index (χ3n) is 4.55. The number of carbonyl (C=O) groups excluding carboxylic acids is 1. The van der Waals surface area contributed by atoms with E-state index in [1.54, 1.807) is 0 Å². The van der Waals surface area contributed by atoms with Gasteiger partial charge in [0.05, 0.1) is 6.10 Å². The number of amides is 1. The molecule has 0 aromatic rings. The average molecular weight is 283 g/mol. The molecule has 0 aromatic heterocycles. The molecule has 2 rings (SSSR count). The molecule has 2 aliphatic rings. The maximum absolute atomic E-state index is 12.3. The predicted octanol–water partition coefficient (Wildman–Crippen LogP) is 0.290. The lowest BCUT2D eigenvalue weighted by Crippen LogP contribution is -2.54. The van der Waals surface area contributed by atoms with Gasteiger partial charge in [0, 0.05) is 38.6 Å². The predicted molar refractivity (Wildman–Crippen MR) is 79.5 cm³/mol.